The van der Waals surface area contributed by atoms with Crippen molar-refractivity contribution in [2.75, 3.05) is 12.0 Å². The molecule has 0 aliphatic rings. The average Bonchev–Trinajstić information content (AvgIpc) is 2.86. The van der Waals surface area contributed by atoms with Crippen LogP contribution in [0, 0.1) is 0 Å². The number of aromatic nitrogens is 2. The first-order chi connectivity index (χ1) is 8.96. The van der Waals surface area contributed by atoms with Crippen LogP contribution in [0.5, 0.6) is 0 Å². The van der Waals surface area contributed by atoms with Gasteiger partial charge in [0.15, 0.2) is 5.78 Å². The largest absolute Gasteiger partial charge is 0.294 e. The molecule has 0 spiro atoms. The number of nitrogens with zero attached hydrogens (tertiary/aromatic N) is 2. The molecule has 0 radical (unpaired) electrons. The number of rotatable bonds is 5. The second kappa shape index (κ2) is 5.36. The highest BCUT2D eigenvalue weighted by atomic mass is 32.2. The second-order valence-electron chi connectivity index (χ2n) is 4.31. The van der Waals surface area contributed by atoms with Crippen molar-refractivity contribution in [1.29, 1.82) is 0 Å². The van der Waals surface area contributed by atoms with Gasteiger partial charge >= 0.3 is 0 Å². The molecule has 5 nitrogen and oxygen atoms in total. The molecule has 1 aromatic carbocycles. The van der Waals surface area contributed by atoms with E-state index < -0.39 is 9.84 Å². The van der Waals surface area contributed by atoms with Gasteiger partial charge in [0.25, 0.3) is 0 Å². The van der Waals surface area contributed by atoms with Crippen LogP contribution in [-0.2, 0) is 9.84 Å². The first-order valence-electron chi connectivity index (χ1n) is 5.77. The van der Waals surface area contributed by atoms with Crippen molar-refractivity contribution < 1.29 is 13.2 Å². The Morgan fingerprint density at radius 2 is 1.95 bits per heavy atom. The van der Waals surface area contributed by atoms with Crippen LogP contribution < -0.4 is 0 Å². The maximum Gasteiger partial charge on any atom is 0.167 e. The van der Waals surface area contributed by atoms with Gasteiger partial charge in [0.2, 0.25) is 0 Å². The number of ketones is 1. The fourth-order valence-electron chi connectivity index (χ4n) is 1.61. The highest BCUT2D eigenvalue weighted by Gasteiger charge is 2.12. The lowest BCUT2D eigenvalue weighted by Gasteiger charge is -1.99. The van der Waals surface area contributed by atoms with Gasteiger partial charge in [-0.05, 0) is 12.1 Å². The smallest absolute Gasteiger partial charge is 0.167 e. The Kier molecular flexibility index (Phi) is 3.80. The van der Waals surface area contributed by atoms with Gasteiger partial charge in [0.1, 0.15) is 9.84 Å². The van der Waals surface area contributed by atoms with Crippen LogP contribution in [0.4, 0.5) is 0 Å². The maximum absolute atomic E-state index is 11.8. The van der Waals surface area contributed by atoms with Gasteiger partial charge in [0.05, 0.1) is 23.2 Å². The van der Waals surface area contributed by atoms with E-state index in [1.165, 1.54) is 6.20 Å². The van der Waals surface area contributed by atoms with Crippen molar-refractivity contribution in [3.05, 3.63) is 48.3 Å². The van der Waals surface area contributed by atoms with Crippen molar-refractivity contribution in [3.8, 4) is 5.69 Å². The fourth-order valence-corrected chi connectivity index (χ4v) is 2.17. The molecule has 1 aromatic heterocycles. The SMILES string of the molecule is CS(=O)(=O)CCC(=O)c1cnn(-c2ccccc2)c1. The van der Waals surface area contributed by atoms with Crippen molar-refractivity contribution in [1.82, 2.24) is 9.78 Å². The molecule has 0 fully saturated rings. The predicted octanol–water partition coefficient (Wildman–Crippen LogP) is 1.49. The van der Waals surface area contributed by atoms with Crippen LogP contribution in [-0.4, -0.2) is 36.0 Å². The summed E-state index contributed by atoms with van der Waals surface area (Å²) >= 11 is 0. The minimum absolute atomic E-state index is 0.0146. The number of hydrogen-bond acceptors (Lipinski definition) is 4. The highest BCUT2D eigenvalue weighted by molar-refractivity contribution is 7.90. The highest BCUT2D eigenvalue weighted by Crippen LogP contribution is 2.09. The number of sulfone groups is 1. The van der Waals surface area contributed by atoms with E-state index in [4.69, 9.17) is 0 Å². The van der Waals surface area contributed by atoms with Gasteiger partial charge in [-0.2, -0.15) is 5.10 Å². The molecule has 0 bridgehead atoms. The molecule has 2 rings (SSSR count). The first-order valence-corrected chi connectivity index (χ1v) is 7.83. The molecule has 2 aromatic rings. The van der Waals surface area contributed by atoms with Gasteiger partial charge in [-0.15, -0.1) is 0 Å². The van der Waals surface area contributed by atoms with E-state index in [1.807, 2.05) is 30.3 Å². The Hall–Kier alpha value is -1.95. The van der Waals surface area contributed by atoms with E-state index in [2.05, 4.69) is 5.10 Å². The van der Waals surface area contributed by atoms with E-state index in [9.17, 15) is 13.2 Å². The number of carbonyl (C=O) groups is 1. The number of benzene rings is 1. The normalized spacial score (nSPS) is 11.4. The number of Topliss-reactive ketones (excluding diaryl/α,β-unsaturated/α-hetero) is 1. The summed E-state index contributed by atoms with van der Waals surface area (Å²) in [6, 6.07) is 9.39. The van der Waals surface area contributed by atoms with Crippen molar-refractivity contribution in [2.45, 2.75) is 6.42 Å². The van der Waals surface area contributed by atoms with Crippen LogP contribution in [0.25, 0.3) is 5.69 Å². The molecule has 19 heavy (non-hydrogen) atoms. The fraction of sp³-hybridized carbons (Fsp3) is 0.231. The number of hydrogen-bond donors (Lipinski definition) is 0. The van der Waals surface area contributed by atoms with Crippen molar-refractivity contribution in [3.63, 3.8) is 0 Å². The number of para-hydroxylation sites is 1. The van der Waals surface area contributed by atoms with E-state index in [0.29, 0.717) is 5.56 Å². The van der Waals surface area contributed by atoms with E-state index >= 15 is 0 Å². The summed E-state index contributed by atoms with van der Waals surface area (Å²) < 4.78 is 23.6. The molecule has 0 saturated heterocycles. The molecule has 0 unspecified atom stereocenters. The molecule has 0 saturated carbocycles. The summed E-state index contributed by atoms with van der Waals surface area (Å²) in [4.78, 5) is 11.8. The van der Waals surface area contributed by atoms with Gasteiger partial charge in [-0.3, -0.25) is 4.79 Å². The third-order valence-electron chi connectivity index (χ3n) is 2.63. The third-order valence-corrected chi connectivity index (χ3v) is 3.57. The van der Waals surface area contributed by atoms with Crippen molar-refractivity contribution in [2.24, 2.45) is 0 Å². The zero-order valence-corrected chi connectivity index (χ0v) is 11.3. The molecule has 0 amide bonds. The predicted molar refractivity (Wildman–Crippen MR) is 72.2 cm³/mol. The molecule has 0 N–H and O–H groups in total. The summed E-state index contributed by atoms with van der Waals surface area (Å²) in [6.45, 7) is 0. The number of carbonyl (C=O) groups excluding carboxylic acids is 1. The van der Waals surface area contributed by atoms with Crippen LogP contribution in [0.2, 0.25) is 0 Å². The summed E-state index contributed by atoms with van der Waals surface area (Å²) in [6.07, 6.45) is 4.17. The molecule has 0 aliphatic carbocycles. The van der Waals surface area contributed by atoms with Gasteiger partial charge in [-0.25, -0.2) is 13.1 Å². The molecular weight excluding hydrogens is 264 g/mol. The van der Waals surface area contributed by atoms with Crippen LogP contribution in [0.15, 0.2) is 42.7 Å². The molecule has 0 atom stereocenters. The van der Waals surface area contributed by atoms with Crippen LogP contribution in [0.3, 0.4) is 0 Å². The Bertz CT molecular complexity index is 675. The molecule has 1 heterocycles. The summed E-state index contributed by atoms with van der Waals surface area (Å²) in [5.41, 5.74) is 1.28. The van der Waals surface area contributed by atoms with Crippen molar-refractivity contribution >= 4 is 15.6 Å². The van der Waals surface area contributed by atoms with Gasteiger partial charge in [0, 0.05) is 18.9 Å². The quantitative estimate of drug-likeness (QED) is 0.777. The van der Waals surface area contributed by atoms with E-state index in [1.54, 1.807) is 10.9 Å². The van der Waals surface area contributed by atoms with Gasteiger partial charge < -0.3 is 0 Å². The first kappa shape index (κ1) is 13.5. The minimum atomic E-state index is -3.12. The monoisotopic (exact) mass is 278 g/mol. The summed E-state index contributed by atoms with van der Waals surface area (Å²) in [5, 5.41) is 4.10. The topological polar surface area (TPSA) is 69.0 Å². The molecule has 6 heteroatoms. The van der Waals surface area contributed by atoms with Crippen LogP contribution >= 0.6 is 0 Å². The lowest BCUT2D eigenvalue weighted by molar-refractivity contribution is 0.0989. The maximum atomic E-state index is 11.8. The molecule has 100 valence electrons. The Labute approximate surface area is 111 Å². The standard InChI is InChI=1S/C13H14N2O3S/c1-19(17,18)8-7-13(16)11-9-14-15(10-11)12-5-3-2-4-6-12/h2-6,9-10H,7-8H2,1H3. The van der Waals surface area contributed by atoms with E-state index in [0.717, 1.165) is 11.9 Å². The zero-order valence-electron chi connectivity index (χ0n) is 10.5. The zero-order chi connectivity index (χ0) is 13.9. The lowest BCUT2D eigenvalue weighted by Crippen LogP contribution is -2.09. The third kappa shape index (κ3) is 3.75. The molecular formula is C13H14N2O3S. The lowest BCUT2D eigenvalue weighted by atomic mass is 10.2. The summed E-state index contributed by atoms with van der Waals surface area (Å²) in [5.74, 6) is -0.352. The average molecular weight is 278 g/mol. The molecule has 0 aliphatic heterocycles. The Morgan fingerprint density at radius 3 is 2.58 bits per heavy atom. The van der Waals surface area contributed by atoms with Gasteiger partial charge in [-0.1, -0.05) is 18.2 Å². The Morgan fingerprint density at radius 1 is 1.26 bits per heavy atom. The van der Waals surface area contributed by atoms with Crippen LogP contribution in [0.1, 0.15) is 16.8 Å². The van der Waals surface area contributed by atoms with E-state index in [-0.39, 0.29) is 18.0 Å². The second-order valence-corrected chi connectivity index (χ2v) is 6.57. The minimum Gasteiger partial charge on any atom is -0.294 e. The Balaban J connectivity index is 2.11. The summed E-state index contributed by atoms with van der Waals surface area (Å²) in [7, 11) is -3.12.